The second kappa shape index (κ2) is 8.96. The van der Waals surface area contributed by atoms with E-state index in [1.54, 1.807) is 6.92 Å². The van der Waals surface area contributed by atoms with Gasteiger partial charge in [-0.15, -0.1) is 6.58 Å². The molecule has 0 heterocycles. The molecule has 0 aromatic heterocycles. The van der Waals surface area contributed by atoms with Crippen LogP contribution in [0.25, 0.3) is 0 Å². The number of hydrogen-bond donors (Lipinski definition) is 0. The van der Waals surface area contributed by atoms with Crippen molar-refractivity contribution in [3.63, 3.8) is 0 Å². The summed E-state index contributed by atoms with van der Waals surface area (Å²) < 4.78 is 6.67. The Morgan fingerprint density at radius 3 is 1.88 bits per heavy atom. The van der Waals surface area contributed by atoms with Gasteiger partial charge in [-0.3, -0.25) is 4.79 Å². The van der Waals surface area contributed by atoms with Crippen LogP contribution in [-0.2, 0) is 14.0 Å². The molecule has 0 fully saturated rings. The summed E-state index contributed by atoms with van der Waals surface area (Å²) in [7, 11) is -2.02. The van der Waals surface area contributed by atoms with E-state index in [0.29, 0.717) is 6.42 Å². The van der Waals surface area contributed by atoms with E-state index in [2.05, 4.69) is 47.4 Å². The SMILES string of the molecule is C=C[C@H](C)[C@H](O[Si](C)(C)C(C)(C)C)[C@@H](C)C(=O)C(C)(C)[C@@H](C)CC(C)=O. The number of ketones is 2. The Labute approximate surface area is 163 Å². The molecule has 3 nitrogen and oxygen atoms in total. The van der Waals surface area contributed by atoms with Gasteiger partial charge in [0.25, 0.3) is 0 Å². The van der Waals surface area contributed by atoms with Crippen LogP contribution in [0.5, 0.6) is 0 Å². The van der Waals surface area contributed by atoms with Gasteiger partial charge in [0.05, 0.1) is 6.10 Å². The van der Waals surface area contributed by atoms with Crippen LogP contribution in [0, 0.1) is 23.2 Å². The third kappa shape index (κ3) is 6.16. The smallest absolute Gasteiger partial charge is 0.192 e. The van der Waals surface area contributed by atoms with Crippen molar-refractivity contribution in [3.05, 3.63) is 12.7 Å². The first kappa shape index (κ1) is 25.3. The van der Waals surface area contributed by atoms with E-state index >= 15 is 0 Å². The van der Waals surface area contributed by atoms with Crippen molar-refractivity contribution in [2.45, 2.75) is 93.0 Å². The van der Waals surface area contributed by atoms with Crippen molar-refractivity contribution in [2.75, 3.05) is 0 Å². The van der Waals surface area contributed by atoms with E-state index in [4.69, 9.17) is 4.43 Å². The summed E-state index contributed by atoms with van der Waals surface area (Å²) in [5.41, 5.74) is -0.568. The van der Waals surface area contributed by atoms with Crippen molar-refractivity contribution in [3.8, 4) is 0 Å². The first-order valence-corrected chi connectivity index (χ1v) is 12.7. The molecule has 4 atom stereocenters. The lowest BCUT2D eigenvalue weighted by molar-refractivity contribution is -0.137. The molecule has 0 bridgehead atoms. The number of carbonyl (C=O) groups excluding carboxylic acids is 2. The van der Waals surface area contributed by atoms with Gasteiger partial charge in [0.2, 0.25) is 0 Å². The summed E-state index contributed by atoms with van der Waals surface area (Å²) >= 11 is 0. The fourth-order valence-electron chi connectivity index (χ4n) is 2.98. The van der Waals surface area contributed by atoms with Crippen LogP contribution in [-0.4, -0.2) is 26.0 Å². The van der Waals surface area contributed by atoms with Crippen LogP contribution in [0.3, 0.4) is 0 Å². The summed E-state index contributed by atoms with van der Waals surface area (Å²) in [5.74, 6) is 0.134. The van der Waals surface area contributed by atoms with Gasteiger partial charge in [-0.25, -0.2) is 0 Å². The van der Waals surface area contributed by atoms with Gasteiger partial charge in [0.1, 0.15) is 11.6 Å². The molecule has 26 heavy (non-hydrogen) atoms. The quantitative estimate of drug-likeness (QED) is 0.341. The van der Waals surface area contributed by atoms with E-state index in [-0.39, 0.29) is 40.5 Å². The highest BCUT2D eigenvalue weighted by molar-refractivity contribution is 6.74. The standard InChI is InChI=1S/C22H42O3Si/c1-13-15(2)19(25-26(11,12)21(6,7)8)18(5)20(24)22(9,10)16(3)14-17(4)23/h13,15-16,18-19H,1,14H2,2-12H3/t15-,16-,18+,19-/m0/s1. The summed E-state index contributed by atoms with van der Waals surface area (Å²) in [6.45, 7) is 26.5. The fourth-order valence-corrected chi connectivity index (χ4v) is 4.43. The largest absolute Gasteiger partial charge is 0.413 e. The first-order chi connectivity index (χ1) is 11.5. The molecule has 0 saturated heterocycles. The molecule has 0 unspecified atom stereocenters. The van der Waals surface area contributed by atoms with Crippen LogP contribution < -0.4 is 0 Å². The highest BCUT2D eigenvalue weighted by atomic mass is 28.4. The Morgan fingerprint density at radius 2 is 1.54 bits per heavy atom. The third-order valence-corrected chi connectivity index (χ3v) is 11.0. The summed E-state index contributed by atoms with van der Waals surface area (Å²) in [6, 6.07) is 0. The Balaban J connectivity index is 5.68. The molecule has 0 aromatic rings. The van der Waals surface area contributed by atoms with Gasteiger partial charge >= 0.3 is 0 Å². The third-order valence-electron chi connectivity index (χ3n) is 6.49. The van der Waals surface area contributed by atoms with E-state index in [1.165, 1.54) is 0 Å². The van der Waals surface area contributed by atoms with Crippen molar-refractivity contribution < 1.29 is 14.0 Å². The molecule has 0 aromatic carbocycles. The monoisotopic (exact) mass is 382 g/mol. The van der Waals surface area contributed by atoms with Crippen LogP contribution in [0.15, 0.2) is 12.7 Å². The Kier molecular flexibility index (Phi) is 8.71. The van der Waals surface area contributed by atoms with Gasteiger partial charge in [-0.1, -0.05) is 61.5 Å². The predicted molar refractivity (Wildman–Crippen MR) is 114 cm³/mol. The number of rotatable bonds is 10. The van der Waals surface area contributed by atoms with Gasteiger partial charge in [0.15, 0.2) is 8.32 Å². The average molecular weight is 383 g/mol. The van der Waals surface area contributed by atoms with Crippen LogP contribution in [0.2, 0.25) is 18.1 Å². The van der Waals surface area contributed by atoms with Crippen LogP contribution in [0.4, 0.5) is 0 Å². The molecule has 0 N–H and O–H groups in total. The van der Waals surface area contributed by atoms with Crippen LogP contribution >= 0.6 is 0 Å². The first-order valence-electron chi connectivity index (χ1n) is 9.83. The maximum atomic E-state index is 13.4. The van der Waals surface area contributed by atoms with Crippen molar-refractivity contribution in [1.82, 2.24) is 0 Å². The maximum Gasteiger partial charge on any atom is 0.192 e. The minimum atomic E-state index is -2.02. The van der Waals surface area contributed by atoms with Crippen molar-refractivity contribution in [1.29, 1.82) is 0 Å². The zero-order chi connectivity index (χ0) is 21.1. The predicted octanol–water partition coefficient (Wildman–Crippen LogP) is 6.05. The molecular weight excluding hydrogens is 340 g/mol. The van der Waals surface area contributed by atoms with Gasteiger partial charge in [-0.2, -0.15) is 0 Å². The second-order valence-corrected chi connectivity index (χ2v) is 14.9. The lowest BCUT2D eigenvalue weighted by Gasteiger charge is -2.43. The molecular formula is C22H42O3Si. The molecule has 0 spiro atoms. The molecule has 4 heteroatoms. The van der Waals surface area contributed by atoms with Gasteiger partial charge in [0, 0.05) is 17.8 Å². The summed E-state index contributed by atoms with van der Waals surface area (Å²) in [4.78, 5) is 24.9. The lowest BCUT2D eigenvalue weighted by atomic mass is 9.69. The van der Waals surface area contributed by atoms with E-state index in [1.807, 2.05) is 33.8 Å². The van der Waals surface area contributed by atoms with Crippen LogP contribution in [0.1, 0.15) is 68.7 Å². The number of hydrogen-bond acceptors (Lipinski definition) is 3. The topological polar surface area (TPSA) is 43.4 Å². The molecule has 0 aliphatic carbocycles. The number of carbonyl (C=O) groups is 2. The molecule has 0 rings (SSSR count). The summed E-state index contributed by atoms with van der Waals surface area (Å²) in [6.07, 6.45) is 2.12. The fraction of sp³-hybridized carbons (Fsp3) is 0.818. The Morgan fingerprint density at radius 1 is 1.08 bits per heavy atom. The van der Waals surface area contributed by atoms with E-state index in [0.717, 1.165) is 0 Å². The Hall–Kier alpha value is -0.743. The normalized spacial score (nSPS) is 18.0. The van der Waals surface area contributed by atoms with E-state index < -0.39 is 13.7 Å². The zero-order valence-electron chi connectivity index (χ0n) is 19.0. The van der Waals surface area contributed by atoms with Gasteiger partial charge in [-0.05, 0) is 36.9 Å². The molecule has 0 saturated carbocycles. The maximum absolute atomic E-state index is 13.4. The Bertz CT molecular complexity index is 514. The molecule has 0 aliphatic rings. The molecule has 0 amide bonds. The molecule has 0 aliphatic heterocycles. The minimum absolute atomic E-state index is 0.00232. The lowest BCUT2D eigenvalue weighted by Crippen LogP contribution is -2.50. The van der Waals surface area contributed by atoms with E-state index in [9.17, 15) is 9.59 Å². The average Bonchev–Trinajstić information content (AvgIpc) is 2.48. The minimum Gasteiger partial charge on any atom is -0.413 e. The molecule has 152 valence electrons. The second-order valence-electron chi connectivity index (χ2n) is 10.1. The summed E-state index contributed by atoms with van der Waals surface area (Å²) in [5, 5.41) is 0.0757. The highest BCUT2D eigenvalue weighted by Crippen LogP contribution is 2.41. The van der Waals surface area contributed by atoms with Crippen molar-refractivity contribution in [2.24, 2.45) is 23.2 Å². The highest BCUT2D eigenvalue weighted by Gasteiger charge is 2.45. The molecule has 0 radical (unpaired) electrons. The van der Waals surface area contributed by atoms with Crippen molar-refractivity contribution >= 4 is 19.9 Å². The zero-order valence-corrected chi connectivity index (χ0v) is 20.0. The van der Waals surface area contributed by atoms with Gasteiger partial charge < -0.3 is 9.22 Å². The number of Topliss-reactive ketones (excluding diaryl/α,β-unsaturated/α-hetero) is 2.